The summed E-state index contributed by atoms with van der Waals surface area (Å²) in [5, 5.41) is 4.30. The van der Waals surface area contributed by atoms with E-state index in [-0.39, 0.29) is 6.04 Å². The first-order valence-corrected chi connectivity index (χ1v) is 6.92. The van der Waals surface area contributed by atoms with Crippen LogP contribution in [0.1, 0.15) is 48.1 Å². The third-order valence-electron chi connectivity index (χ3n) is 3.19. The van der Waals surface area contributed by atoms with Crippen molar-refractivity contribution >= 4 is 11.3 Å². The molecule has 2 N–H and O–H groups in total. The van der Waals surface area contributed by atoms with Crippen molar-refractivity contribution < 1.29 is 0 Å². The Bertz CT molecular complexity index is 482. The summed E-state index contributed by atoms with van der Waals surface area (Å²) in [7, 11) is 0. The van der Waals surface area contributed by atoms with Crippen LogP contribution in [0.2, 0.25) is 0 Å². The average molecular weight is 245 g/mol. The van der Waals surface area contributed by atoms with Crippen LogP contribution in [-0.2, 0) is 0 Å². The maximum absolute atomic E-state index is 6.29. The molecule has 17 heavy (non-hydrogen) atoms. The predicted octanol–water partition coefficient (Wildman–Crippen LogP) is 4.23. The van der Waals surface area contributed by atoms with E-state index in [2.05, 4.69) is 55.8 Å². The second kappa shape index (κ2) is 5.03. The molecule has 0 fully saturated rings. The van der Waals surface area contributed by atoms with Crippen molar-refractivity contribution in [1.82, 2.24) is 0 Å². The topological polar surface area (TPSA) is 26.0 Å². The molecule has 0 aliphatic carbocycles. The van der Waals surface area contributed by atoms with E-state index in [1.807, 2.05) is 0 Å². The van der Waals surface area contributed by atoms with Gasteiger partial charge in [0.15, 0.2) is 0 Å². The smallest absolute Gasteiger partial charge is 0.0562 e. The number of nitrogens with two attached hydrogens (primary N) is 1. The van der Waals surface area contributed by atoms with Gasteiger partial charge in [0.25, 0.3) is 0 Å². The number of hydrogen-bond donors (Lipinski definition) is 1. The molecule has 1 atom stereocenters. The Hall–Kier alpha value is -1.12. The Balaban J connectivity index is 2.26. The number of rotatable bonds is 3. The molecular formula is C15H19NS. The van der Waals surface area contributed by atoms with E-state index in [4.69, 9.17) is 5.73 Å². The second-order valence-corrected chi connectivity index (χ2v) is 5.55. The lowest BCUT2D eigenvalue weighted by Crippen LogP contribution is -2.12. The SMILES string of the molecule is Cc1cscc1C(N)c1ccc(C(C)C)cc1. The van der Waals surface area contributed by atoms with E-state index >= 15 is 0 Å². The van der Waals surface area contributed by atoms with Gasteiger partial charge in [0, 0.05) is 0 Å². The first-order valence-electron chi connectivity index (χ1n) is 5.97. The van der Waals surface area contributed by atoms with Gasteiger partial charge in [0.2, 0.25) is 0 Å². The molecular weight excluding hydrogens is 226 g/mol. The Morgan fingerprint density at radius 3 is 2.06 bits per heavy atom. The van der Waals surface area contributed by atoms with Gasteiger partial charge in [-0.3, -0.25) is 0 Å². The lowest BCUT2D eigenvalue weighted by Gasteiger charge is -2.13. The molecule has 0 bridgehead atoms. The highest BCUT2D eigenvalue weighted by Gasteiger charge is 2.12. The fourth-order valence-electron chi connectivity index (χ4n) is 1.96. The van der Waals surface area contributed by atoms with Crippen LogP contribution in [0.15, 0.2) is 35.0 Å². The van der Waals surface area contributed by atoms with Crippen LogP contribution in [0.25, 0.3) is 0 Å². The van der Waals surface area contributed by atoms with E-state index in [1.54, 1.807) is 11.3 Å². The van der Waals surface area contributed by atoms with Gasteiger partial charge in [0.05, 0.1) is 6.04 Å². The van der Waals surface area contributed by atoms with Gasteiger partial charge in [-0.05, 0) is 45.9 Å². The van der Waals surface area contributed by atoms with Gasteiger partial charge < -0.3 is 5.73 Å². The highest BCUT2D eigenvalue weighted by Crippen LogP contribution is 2.26. The maximum atomic E-state index is 6.29. The van der Waals surface area contributed by atoms with Crippen molar-refractivity contribution in [2.45, 2.75) is 32.7 Å². The minimum absolute atomic E-state index is 0.00228. The summed E-state index contributed by atoms with van der Waals surface area (Å²) >= 11 is 1.72. The van der Waals surface area contributed by atoms with Crippen LogP contribution < -0.4 is 5.73 Å². The quantitative estimate of drug-likeness (QED) is 0.860. The van der Waals surface area contributed by atoms with Gasteiger partial charge >= 0.3 is 0 Å². The zero-order valence-electron chi connectivity index (χ0n) is 10.6. The first-order chi connectivity index (χ1) is 8.09. The largest absolute Gasteiger partial charge is 0.320 e. The third kappa shape index (κ3) is 2.59. The molecule has 1 heterocycles. The zero-order chi connectivity index (χ0) is 12.4. The molecule has 1 aromatic heterocycles. The molecule has 1 aromatic carbocycles. The Morgan fingerprint density at radius 1 is 1.00 bits per heavy atom. The summed E-state index contributed by atoms with van der Waals surface area (Å²) in [5.74, 6) is 0.572. The highest BCUT2D eigenvalue weighted by atomic mass is 32.1. The molecule has 2 aromatic rings. The first kappa shape index (κ1) is 12.3. The van der Waals surface area contributed by atoms with Crippen LogP contribution >= 0.6 is 11.3 Å². The van der Waals surface area contributed by atoms with Crippen molar-refractivity contribution in [2.75, 3.05) is 0 Å². The molecule has 0 amide bonds. The lowest BCUT2D eigenvalue weighted by atomic mass is 9.96. The van der Waals surface area contributed by atoms with Gasteiger partial charge in [0.1, 0.15) is 0 Å². The molecule has 0 spiro atoms. The molecule has 0 radical (unpaired) electrons. The number of hydrogen-bond acceptors (Lipinski definition) is 2. The van der Waals surface area contributed by atoms with Gasteiger partial charge in [-0.25, -0.2) is 0 Å². The highest BCUT2D eigenvalue weighted by molar-refractivity contribution is 7.08. The van der Waals surface area contributed by atoms with Gasteiger partial charge in [-0.1, -0.05) is 38.1 Å². The maximum Gasteiger partial charge on any atom is 0.0562 e. The zero-order valence-corrected chi connectivity index (χ0v) is 11.4. The normalized spacial score (nSPS) is 13.0. The molecule has 0 saturated carbocycles. The lowest BCUT2D eigenvalue weighted by molar-refractivity contribution is 0.846. The van der Waals surface area contributed by atoms with E-state index in [0.717, 1.165) is 0 Å². The molecule has 2 heteroatoms. The summed E-state index contributed by atoms with van der Waals surface area (Å²) in [5.41, 5.74) is 11.4. The van der Waals surface area contributed by atoms with E-state index in [1.165, 1.54) is 22.3 Å². The number of aryl methyl sites for hydroxylation is 1. The Morgan fingerprint density at radius 2 is 1.59 bits per heavy atom. The summed E-state index contributed by atoms with van der Waals surface area (Å²) in [6.45, 7) is 6.53. The standard InChI is InChI=1S/C15H19NS/c1-10(2)12-4-6-13(7-5-12)15(16)14-9-17-8-11(14)3/h4-10,15H,16H2,1-3H3. The molecule has 90 valence electrons. The van der Waals surface area contributed by atoms with Crippen LogP contribution in [0.4, 0.5) is 0 Å². The molecule has 1 unspecified atom stereocenters. The Kier molecular flexibility index (Phi) is 3.65. The van der Waals surface area contributed by atoms with Crippen LogP contribution in [-0.4, -0.2) is 0 Å². The number of thiophene rings is 1. The molecule has 1 nitrogen and oxygen atoms in total. The van der Waals surface area contributed by atoms with E-state index < -0.39 is 0 Å². The van der Waals surface area contributed by atoms with Crippen LogP contribution in [0, 0.1) is 6.92 Å². The van der Waals surface area contributed by atoms with Crippen LogP contribution in [0.3, 0.4) is 0 Å². The van der Waals surface area contributed by atoms with E-state index in [9.17, 15) is 0 Å². The predicted molar refractivity (Wildman–Crippen MR) is 75.6 cm³/mol. The van der Waals surface area contributed by atoms with Crippen LogP contribution in [0.5, 0.6) is 0 Å². The average Bonchev–Trinajstić information content (AvgIpc) is 2.74. The van der Waals surface area contributed by atoms with Crippen molar-refractivity contribution in [3.05, 3.63) is 57.3 Å². The summed E-state index contributed by atoms with van der Waals surface area (Å²) in [6, 6.07) is 8.67. The molecule has 0 saturated heterocycles. The third-order valence-corrected chi connectivity index (χ3v) is 4.07. The van der Waals surface area contributed by atoms with Crippen molar-refractivity contribution in [3.8, 4) is 0 Å². The molecule has 0 aliphatic rings. The van der Waals surface area contributed by atoms with Crippen molar-refractivity contribution in [3.63, 3.8) is 0 Å². The van der Waals surface area contributed by atoms with Crippen molar-refractivity contribution in [2.24, 2.45) is 5.73 Å². The minimum atomic E-state index is 0.00228. The summed E-state index contributed by atoms with van der Waals surface area (Å²) in [6.07, 6.45) is 0. The fourth-order valence-corrected chi connectivity index (χ4v) is 2.84. The monoisotopic (exact) mass is 245 g/mol. The minimum Gasteiger partial charge on any atom is -0.320 e. The number of benzene rings is 1. The van der Waals surface area contributed by atoms with E-state index in [0.29, 0.717) is 5.92 Å². The fraction of sp³-hybridized carbons (Fsp3) is 0.333. The molecule has 0 aliphatic heterocycles. The van der Waals surface area contributed by atoms with Crippen molar-refractivity contribution in [1.29, 1.82) is 0 Å². The second-order valence-electron chi connectivity index (χ2n) is 4.81. The Labute approximate surface area is 107 Å². The molecule has 2 rings (SSSR count). The summed E-state index contributed by atoms with van der Waals surface area (Å²) in [4.78, 5) is 0. The summed E-state index contributed by atoms with van der Waals surface area (Å²) < 4.78 is 0. The van der Waals surface area contributed by atoms with Gasteiger partial charge in [-0.15, -0.1) is 0 Å². The van der Waals surface area contributed by atoms with Gasteiger partial charge in [-0.2, -0.15) is 11.3 Å².